The third-order valence-electron chi connectivity index (χ3n) is 5.76. The average molecular weight is 455 g/mol. The van der Waals surface area contributed by atoms with Gasteiger partial charge < -0.3 is 24.2 Å². The number of carbonyl (C=O) groups excluding carboxylic acids is 1. The van der Waals surface area contributed by atoms with E-state index in [4.69, 9.17) is 14.2 Å². The molecule has 1 fully saturated rings. The normalized spacial score (nSPS) is 16.2. The monoisotopic (exact) mass is 455 g/mol. The molecule has 0 aliphatic carbocycles. The number of rotatable bonds is 6. The molecule has 7 nitrogen and oxygen atoms in total. The third kappa shape index (κ3) is 4.85. The third-order valence-corrected chi connectivity index (χ3v) is 5.76. The molecule has 8 heteroatoms. The maximum atomic E-state index is 13.6. The molecule has 2 aromatic carbocycles. The quantitative estimate of drug-likeness (QED) is 0.719. The van der Waals surface area contributed by atoms with Gasteiger partial charge in [0.15, 0.2) is 0 Å². The fourth-order valence-corrected chi connectivity index (χ4v) is 3.70. The molecule has 1 saturated heterocycles. The van der Waals surface area contributed by atoms with Gasteiger partial charge in [-0.05, 0) is 49.7 Å². The van der Waals surface area contributed by atoms with Gasteiger partial charge in [0.05, 0.1) is 24.2 Å². The van der Waals surface area contributed by atoms with E-state index in [1.807, 2.05) is 0 Å². The number of hydrogen-bond acceptors (Lipinski definition) is 5. The van der Waals surface area contributed by atoms with E-state index in [1.165, 1.54) is 12.1 Å². The summed E-state index contributed by atoms with van der Waals surface area (Å²) in [6.45, 7) is 5.14. The first kappa shape index (κ1) is 22.8. The van der Waals surface area contributed by atoms with Crippen molar-refractivity contribution in [2.45, 2.75) is 13.8 Å². The van der Waals surface area contributed by atoms with Crippen molar-refractivity contribution in [3.63, 3.8) is 0 Å². The summed E-state index contributed by atoms with van der Waals surface area (Å²) in [5.41, 5.74) is 1.37. The van der Waals surface area contributed by atoms with Crippen LogP contribution in [0.25, 0.3) is 5.57 Å². The second kappa shape index (κ2) is 9.23. The predicted octanol–water partition coefficient (Wildman–Crippen LogP) is 3.37. The number of ether oxygens (including phenoxy) is 3. The SMILES string of the molecule is CC(C)(COc1ccc2c(c1)C(c1ccc(F)cc1)=C(C(=O)N1CCOCC1)CO2)C(=O)O. The minimum atomic E-state index is -1.07. The first-order valence-electron chi connectivity index (χ1n) is 10.8. The molecule has 0 spiro atoms. The summed E-state index contributed by atoms with van der Waals surface area (Å²) in [6.07, 6.45) is 0. The zero-order valence-corrected chi connectivity index (χ0v) is 18.6. The highest BCUT2D eigenvalue weighted by Gasteiger charge is 2.31. The summed E-state index contributed by atoms with van der Waals surface area (Å²) in [6, 6.07) is 11.1. The lowest BCUT2D eigenvalue weighted by Gasteiger charge is -2.31. The summed E-state index contributed by atoms with van der Waals surface area (Å²) in [4.78, 5) is 26.5. The second-order valence-corrected chi connectivity index (χ2v) is 8.69. The van der Waals surface area contributed by atoms with Gasteiger partial charge in [-0.2, -0.15) is 0 Å². The van der Waals surface area contributed by atoms with Gasteiger partial charge in [-0.3, -0.25) is 9.59 Å². The summed E-state index contributed by atoms with van der Waals surface area (Å²) >= 11 is 0. The number of carboxylic acid groups (broad SMARTS) is 1. The Hall–Kier alpha value is -3.39. The fourth-order valence-electron chi connectivity index (χ4n) is 3.70. The van der Waals surface area contributed by atoms with Crippen LogP contribution in [0.4, 0.5) is 4.39 Å². The lowest BCUT2D eigenvalue weighted by atomic mass is 9.90. The molecular formula is C25H26FNO6. The topological polar surface area (TPSA) is 85.3 Å². The van der Waals surface area contributed by atoms with E-state index in [2.05, 4.69) is 0 Å². The highest BCUT2D eigenvalue weighted by Crippen LogP contribution is 2.40. The minimum absolute atomic E-state index is 0.0306. The van der Waals surface area contributed by atoms with Crippen LogP contribution in [0.2, 0.25) is 0 Å². The number of benzene rings is 2. The van der Waals surface area contributed by atoms with Crippen LogP contribution < -0.4 is 9.47 Å². The van der Waals surface area contributed by atoms with Crippen molar-refractivity contribution in [2.75, 3.05) is 39.5 Å². The number of fused-ring (bicyclic) bond motifs is 1. The molecule has 2 heterocycles. The van der Waals surface area contributed by atoms with Crippen LogP contribution in [0.3, 0.4) is 0 Å². The average Bonchev–Trinajstić information content (AvgIpc) is 2.82. The molecular weight excluding hydrogens is 429 g/mol. The fraction of sp³-hybridized carbons (Fsp3) is 0.360. The number of aliphatic carboxylic acids is 1. The predicted molar refractivity (Wildman–Crippen MR) is 119 cm³/mol. The van der Waals surface area contributed by atoms with Gasteiger partial charge in [0.2, 0.25) is 0 Å². The zero-order chi connectivity index (χ0) is 23.6. The maximum Gasteiger partial charge on any atom is 0.312 e. The molecule has 2 aliphatic rings. The molecule has 0 unspecified atom stereocenters. The Balaban J connectivity index is 1.75. The maximum absolute atomic E-state index is 13.6. The number of halogens is 1. The standard InChI is InChI=1S/C25H26FNO6/c1-25(2,24(29)30)15-33-18-7-8-21-19(13-18)22(16-3-5-17(26)6-4-16)20(14-32-21)23(28)27-9-11-31-12-10-27/h3-8,13H,9-12,14-15H2,1-2H3,(H,29,30). The van der Waals surface area contributed by atoms with Gasteiger partial charge in [-0.15, -0.1) is 0 Å². The van der Waals surface area contributed by atoms with Crippen LogP contribution in [-0.2, 0) is 14.3 Å². The highest BCUT2D eigenvalue weighted by atomic mass is 19.1. The Morgan fingerprint density at radius 2 is 1.82 bits per heavy atom. The molecule has 2 aromatic rings. The Morgan fingerprint density at radius 3 is 2.48 bits per heavy atom. The van der Waals surface area contributed by atoms with E-state index in [9.17, 15) is 19.1 Å². The molecule has 1 N–H and O–H groups in total. The first-order chi connectivity index (χ1) is 15.8. The smallest absolute Gasteiger partial charge is 0.312 e. The van der Waals surface area contributed by atoms with Crippen LogP contribution in [0, 0.1) is 11.2 Å². The van der Waals surface area contributed by atoms with Gasteiger partial charge in [0, 0.05) is 24.2 Å². The first-order valence-corrected chi connectivity index (χ1v) is 10.8. The molecule has 2 aliphatic heterocycles. The van der Waals surface area contributed by atoms with Crippen LogP contribution in [0.15, 0.2) is 48.0 Å². The van der Waals surface area contributed by atoms with E-state index in [0.29, 0.717) is 60.1 Å². The van der Waals surface area contributed by atoms with Crippen molar-refractivity contribution in [1.82, 2.24) is 4.90 Å². The van der Waals surface area contributed by atoms with E-state index in [-0.39, 0.29) is 24.9 Å². The molecule has 4 rings (SSSR count). The van der Waals surface area contributed by atoms with Crippen molar-refractivity contribution < 1.29 is 33.3 Å². The summed E-state index contributed by atoms with van der Waals surface area (Å²) in [5, 5.41) is 9.35. The van der Waals surface area contributed by atoms with Gasteiger partial charge in [-0.1, -0.05) is 12.1 Å². The molecule has 174 valence electrons. The van der Waals surface area contributed by atoms with Gasteiger partial charge in [0.25, 0.3) is 5.91 Å². The van der Waals surface area contributed by atoms with E-state index in [0.717, 1.165) is 0 Å². The Kier molecular flexibility index (Phi) is 6.37. The Bertz CT molecular complexity index is 1090. The van der Waals surface area contributed by atoms with Crippen LogP contribution in [0.1, 0.15) is 25.0 Å². The molecule has 0 saturated carbocycles. The van der Waals surface area contributed by atoms with E-state index >= 15 is 0 Å². The van der Waals surface area contributed by atoms with Crippen LogP contribution in [0.5, 0.6) is 11.5 Å². The van der Waals surface area contributed by atoms with Crippen molar-refractivity contribution in [3.05, 3.63) is 65.0 Å². The van der Waals surface area contributed by atoms with Gasteiger partial charge >= 0.3 is 5.97 Å². The summed E-state index contributed by atoms with van der Waals surface area (Å²) in [5.74, 6) is -0.472. The van der Waals surface area contributed by atoms with Crippen molar-refractivity contribution in [2.24, 2.45) is 5.41 Å². The van der Waals surface area contributed by atoms with Crippen molar-refractivity contribution in [1.29, 1.82) is 0 Å². The number of morpholine rings is 1. The molecule has 0 atom stereocenters. The summed E-state index contributed by atoms with van der Waals surface area (Å²) < 4.78 is 30.7. The van der Waals surface area contributed by atoms with E-state index in [1.54, 1.807) is 49.1 Å². The molecule has 0 radical (unpaired) electrons. The molecule has 33 heavy (non-hydrogen) atoms. The Morgan fingerprint density at radius 1 is 1.12 bits per heavy atom. The van der Waals surface area contributed by atoms with Crippen molar-refractivity contribution >= 4 is 17.4 Å². The molecule has 0 aromatic heterocycles. The van der Waals surface area contributed by atoms with Gasteiger partial charge in [0.1, 0.15) is 30.5 Å². The zero-order valence-electron chi connectivity index (χ0n) is 18.6. The number of carboxylic acids is 1. The lowest BCUT2D eigenvalue weighted by molar-refractivity contribution is -0.148. The molecule has 0 bridgehead atoms. The number of carbonyl (C=O) groups is 2. The van der Waals surface area contributed by atoms with E-state index < -0.39 is 11.4 Å². The largest absolute Gasteiger partial charge is 0.492 e. The number of amides is 1. The lowest BCUT2D eigenvalue weighted by Crippen LogP contribution is -2.42. The van der Waals surface area contributed by atoms with Crippen LogP contribution >= 0.6 is 0 Å². The van der Waals surface area contributed by atoms with Gasteiger partial charge in [-0.25, -0.2) is 4.39 Å². The summed E-state index contributed by atoms with van der Waals surface area (Å²) in [7, 11) is 0. The second-order valence-electron chi connectivity index (χ2n) is 8.69. The van der Waals surface area contributed by atoms with Crippen LogP contribution in [-0.4, -0.2) is 61.4 Å². The Labute approximate surface area is 191 Å². The molecule has 1 amide bonds. The van der Waals surface area contributed by atoms with Crippen molar-refractivity contribution in [3.8, 4) is 11.5 Å². The minimum Gasteiger partial charge on any atom is -0.492 e. The number of nitrogens with zero attached hydrogens (tertiary/aromatic N) is 1. The highest BCUT2D eigenvalue weighted by molar-refractivity contribution is 6.06. The number of hydrogen-bond donors (Lipinski definition) is 1.